The van der Waals surface area contributed by atoms with Gasteiger partial charge in [-0.25, -0.2) is 4.98 Å². The quantitative estimate of drug-likeness (QED) is 0.905. The molecule has 1 aliphatic heterocycles. The number of rotatable bonds is 5. The normalized spacial score (nSPS) is 19.1. The first-order valence-electron chi connectivity index (χ1n) is 7.53. The van der Waals surface area contributed by atoms with Crippen LogP contribution in [0.15, 0.2) is 23.2 Å². The first-order chi connectivity index (χ1) is 10.5. The molecular formula is C15H21N5O2. The number of aromatic nitrogens is 3. The molecule has 1 fully saturated rings. The Hall–Kier alpha value is -2.15. The van der Waals surface area contributed by atoms with Crippen LogP contribution in [0.3, 0.4) is 0 Å². The first-order valence-corrected chi connectivity index (χ1v) is 7.53. The van der Waals surface area contributed by atoms with Crippen LogP contribution in [0.2, 0.25) is 0 Å². The predicted octanol–water partition coefficient (Wildman–Crippen LogP) is 1.54. The van der Waals surface area contributed by atoms with Crippen LogP contribution in [0.5, 0.6) is 0 Å². The Morgan fingerprint density at radius 3 is 3.05 bits per heavy atom. The lowest BCUT2D eigenvalue weighted by molar-refractivity contribution is 0.1000. The number of nitrogens with two attached hydrogens (primary N) is 1. The van der Waals surface area contributed by atoms with Crippen molar-refractivity contribution in [2.24, 2.45) is 5.73 Å². The standard InChI is InChI=1S/C15H21N5O2/c1-10(2)14-13(17-9-22-14)8-19-4-3-12(7-19)20-6-11(5-18-20)15(16)21/h5-6,9-10,12H,3-4,7-8H2,1-2H3,(H2,16,21). The Morgan fingerprint density at radius 2 is 2.36 bits per heavy atom. The van der Waals surface area contributed by atoms with E-state index in [-0.39, 0.29) is 6.04 Å². The van der Waals surface area contributed by atoms with E-state index in [4.69, 9.17) is 10.2 Å². The second-order valence-corrected chi connectivity index (χ2v) is 6.07. The van der Waals surface area contributed by atoms with Crippen molar-refractivity contribution in [1.82, 2.24) is 19.7 Å². The minimum Gasteiger partial charge on any atom is -0.448 e. The summed E-state index contributed by atoms with van der Waals surface area (Å²) in [6.07, 6.45) is 5.77. The molecule has 2 aromatic rings. The lowest BCUT2D eigenvalue weighted by Gasteiger charge is -2.16. The Balaban J connectivity index is 1.64. The summed E-state index contributed by atoms with van der Waals surface area (Å²) in [5.41, 5.74) is 6.73. The number of likely N-dealkylation sites (tertiary alicyclic amines) is 1. The molecule has 1 amide bonds. The van der Waals surface area contributed by atoms with Gasteiger partial charge in [-0.3, -0.25) is 14.4 Å². The summed E-state index contributed by atoms with van der Waals surface area (Å²) in [7, 11) is 0. The number of hydrogen-bond acceptors (Lipinski definition) is 5. The van der Waals surface area contributed by atoms with Crippen molar-refractivity contribution in [3.63, 3.8) is 0 Å². The molecule has 0 aromatic carbocycles. The summed E-state index contributed by atoms with van der Waals surface area (Å²) >= 11 is 0. The largest absolute Gasteiger partial charge is 0.448 e. The molecule has 1 saturated heterocycles. The molecule has 118 valence electrons. The Morgan fingerprint density at radius 1 is 1.55 bits per heavy atom. The van der Waals surface area contributed by atoms with Gasteiger partial charge in [-0.15, -0.1) is 0 Å². The van der Waals surface area contributed by atoms with E-state index >= 15 is 0 Å². The molecule has 0 spiro atoms. The zero-order chi connectivity index (χ0) is 15.7. The number of carbonyl (C=O) groups excluding carboxylic acids is 1. The fraction of sp³-hybridized carbons (Fsp3) is 0.533. The Bertz CT molecular complexity index is 660. The maximum absolute atomic E-state index is 11.1. The summed E-state index contributed by atoms with van der Waals surface area (Å²) in [5, 5.41) is 4.25. The van der Waals surface area contributed by atoms with Crippen molar-refractivity contribution in [2.75, 3.05) is 13.1 Å². The van der Waals surface area contributed by atoms with E-state index in [2.05, 4.69) is 28.8 Å². The molecule has 3 rings (SSSR count). The van der Waals surface area contributed by atoms with Crippen LogP contribution in [-0.4, -0.2) is 38.7 Å². The number of nitrogens with zero attached hydrogens (tertiary/aromatic N) is 4. The second-order valence-electron chi connectivity index (χ2n) is 6.07. The first kappa shape index (κ1) is 14.8. The van der Waals surface area contributed by atoms with Crippen molar-refractivity contribution in [2.45, 2.75) is 38.8 Å². The van der Waals surface area contributed by atoms with Gasteiger partial charge in [-0.05, 0) is 6.42 Å². The van der Waals surface area contributed by atoms with Crippen LogP contribution in [0.1, 0.15) is 54.0 Å². The van der Waals surface area contributed by atoms with Gasteiger partial charge in [0, 0.05) is 31.7 Å². The smallest absolute Gasteiger partial charge is 0.251 e. The van der Waals surface area contributed by atoms with Gasteiger partial charge in [-0.1, -0.05) is 13.8 Å². The minimum absolute atomic E-state index is 0.266. The summed E-state index contributed by atoms with van der Waals surface area (Å²) in [6, 6.07) is 0.266. The van der Waals surface area contributed by atoms with E-state index in [1.165, 1.54) is 12.6 Å². The third kappa shape index (κ3) is 2.89. The molecule has 0 bridgehead atoms. The molecule has 0 aliphatic carbocycles. The second kappa shape index (κ2) is 5.92. The fourth-order valence-electron chi connectivity index (χ4n) is 2.91. The van der Waals surface area contributed by atoms with Crippen molar-refractivity contribution in [3.05, 3.63) is 35.8 Å². The van der Waals surface area contributed by atoms with Gasteiger partial charge in [0.2, 0.25) is 0 Å². The third-order valence-electron chi connectivity index (χ3n) is 4.08. The summed E-state index contributed by atoms with van der Waals surface area (Å²) in [5.74, 6) is 0.851. The molecule has 2 aromatic heterocycles. The average molecular weight is 303 g/mol. The van der Waals surface area contributed by atoms with E-state index in [1.807, 2.05) is 4.68 Å². The summed E-state index contributed by atoms with van der Waals surface area (Å²) in [4.78, 5) is 17.8. The summed E-state index contributed by atoms with van der Waals surface area (Å²) < 4.78 is 7.31. The molecule has 7 nitrogen and oxygen atoms in total. The van der Waals surface area contributed by atoms with Crippen LogP contribution < -0.4 is 5.73 Å². The maximum atomic E-state index is 11.1. The summed E-state index contributed by atoms with van der Waals surface area (Å²) in [6.45, 7) is 6.84. The molecule has 1 aliphatic rings. The number of oxazole rings is 1. The molecule has 0 saturated carbocycles. The fourth-order valence-corrected chi connectivity index (χ4v) is 2.91. The van der Waals surface area contributed by atoms with Gasteiger partial charge in [-0.2, -0.15) is 5.10 Å². The van der Waals surface area contributed by atoms with Crippen molar-refractivity contribution >= 4 is 5.91 Å². The Kier molecular flexibility index (Phi) is 3.98. The molecule has 1 unspecified atom stereocenters. The average Bonchev–Trinajstić information content (AvgIpc) is 3.18. The highest BCUT2D eigenvalue weighted by Gasteiger charge is 2.26. The highest BCUT2D eigenvalue weighted by atomic mass is 16.3. The van der Waals surface area contributed by atoms with Gasteiger partial charge in [0.15, 0.2) is 6.39 Å². The molecular weight excluding hydrogens is 282 g/mol. The van der Waals surface area contributed by atoms with E-state index in [1.54, 1.807) is 6.20 Å². The van der Waals surface area contributed by atoms with Crippen LogP contribution in [0.25, 0.3) is 0 Å². The molecule has 1 atom stereocenters. The Labute approximate surface area is 129 Å². The van der Waals surface area contributed by atoms with Gasteiger partial charge < -0.3 is 10.2 Å². The molecule has 7 heteroatoms. The van der Waals surface area contributed by atoms with Gasteiger partial charge in [0.05, 0.1) is 23.5 Å². The van der Waals surface area contributed by atoms with E-state index in [9.17, 15) is 4.79 Å². The van der Waals surface area contributed by atoms with Crippen molar-refractivity contribution < 1.29 is 9.21 Å². The van der Waals surface area contributed by atoms with Crippen LogP contribution in [0.4, 0.5) is 0 Å². The van der Waals surface area contributed by atoms with Crippen LogP contribution >= 0.6 is 0 Å². The van der Waals surface area contributed by atoms with Gasteiger partial charge in [0.1, 0.15) is 5.76 Å². The SMILES string of the molecule is CC(C)c1ocnc1CN1CCC(n2cc(C(N)=O)cn2)C1. The van der Waals surface area contributed by atoms with E-state index < -0.39 is 5.91 Å². The van der Waals surface area contributed by atoms with Crippen molar-refractivity contribution in [1.29, 1.82) is 0 Å². The van der Waals surface area contributed by atoms with E-state index in [0.717, 1.165) is 37.5 Å². The van der Waals surface area contributed by atoms with Crippen LogP contribution in [0, 0.1) is 0 Å². The van der Waals surface area contributed by atoms with Gasteiger partial charge in [0.25, 0.3) is 5.91 Å². The number of primary amides is 1. The van der Waals surface area contributed by atoms with Gasteiger partial charge >= 0.3 is 0 Å². The van der Waals surface area contributed by atoms with Crippen LogP contribution in [-0.2, 0) is 6.54 Å². The molecule has 3 heterocycles. The lowest BCUT2D eigenvalue weighted by Crippen LogP contribution is -2.22. The predicted molar refractivity (Wildman–Crippen MR) is 80.3 cm³/mol. The number of amides is 1. The maximum Gasteiger partial charge on any atom is 0.251 e. The molecule has 22 heavy (non-hydrogen) atoms. The zero-order valence-electron chi connectivity index (χ0n) is 12.9. The number of hydrogen-bond donors (Lipinski definition) is 1. The zero-order valence-corrected chi connectivity index (χ0v) is 12.9. The van der Waals surface area contributed by atoms with Crippen molar-refractivity contribution in [3.8, 4) is 0 Å². The topological polar surface area (TPSA) is 90.2 Å². The number of carbonyl (C=O) groups is 1. The highest BCUT2D eigenvalue weighted by molar-refractivity contribution is 5.92. The highest BCUT2D eigenvalue weighted by Crippen LogP contribution is 2.25. The lowest BCUT2D eigenvalue weighted by atomic mass is 10.1. The third-order valence-corrected chi connectivity index (χ3v) is 4.08. The minimum atomic E-state index is -0.440. The van der Waals surface area contributed by atoms with E-state index in [0.29, 0.717) is 11.5 Å². The monoisotopic (exact) mass is 303 g/mol. The molecule has 2 N–H and O–H groups in total. The molecule has 0 radical (unpaired) electrons.